The van der Waals surface area contributed by atoms with Gasteiger partial charge < -0.3 is 15.0 Å². The van der Waals surface area contributed by atoms with Crippen molar-refractivity contribution in [3.05, 3.63) is 0 Å². The van der Waals surface area contributed by atoms with Crippen LogP contribution >= 0.6 is 0 Å². The van der Waals surface area contributed by atoms with Crippen molar-refractivity contribution < 1.29 is 19.1 Å². The molecule has 7 heteroatoms. The van der Waals surface area contributed by atoms with E-state index in [4.69, 9.17) is 5.26 Å². The van der Waals surface area contributed by atoms with Crippen molar-refractivity contribution in [1.29, 1.82) is 5.26 Å². The van der Waals surface area contributed by atoms with Crippen molar-refractivity contribution >= 4 is 17.8 Å². The Morgan fingerprint density at radius 3 is 2.50 bits per heavy atom. The van der Waals surface area contributed by atoms with Crippen molar-refractivity contribution in [2.24, 2.45) is 0 Å². The maximum absolute atomic E-state index is 11.4. The van der Waals surface area contributed by atoms with Gasteiger partial charge in [-0.15, -0.1) is 0 Å². The van der Waals surface area contributed by atoms with Crippen molar-refractivity contribution in [2.75, 3.05) is 26.7 Å². The van der Waals surface area contributed by atoms with Gasteiger partial charge in [-0.2, -0.15) is 5.26 Å². The lowest BCUT2D eigenvalue weighted by Gasteiger charge is -2.18. The second-order valence-electron chi connectivity index (χ2n) is 2.74. The monoisotopic (exact) mass is 227 g/mol. The first-order valence-corrected chi connectivity index (χ1v) is 4.57. The zero-order chi connectivity index (χ0) is 12.6. The van der Waals surface area contributed by atoms with E-state index in [0.717, 1.165) is 4.90 Å². The lowest BCUT2D eigenvalue weighted by molar-refractivity contribution is -0.151. The van der Waals surface area contributed by atoms with Crippen LogP contribution in [0.1, 0.15) is 6.92 Å². The number of amides is 2. The molecular formula is C9H13N3O4. The third kappa shape index (κ3) is 4.41. The molecule has 16 heavy (non-hydrogen) atoms. The molecule has 0 aliphatic heterocycles. The van der Waals surface area contributed by atoms with Crippen LogP contribution in [-0.4, -0.2) is 49.4 Å². The maximum atomic E-state index is 11.4. The molecule has 0 radical (unpaired) electrons. The number of methoxy groups -OCH3 is 1. The summed E-state index contributed by atoms with van der Waals surface area (Å²) in [6.07, 6.45) is 0. The molecule has 0 bridgehead atoms. The summed E-state index contributed by atoms with van der Waals surface area (Å²) in [7, 11) is 1.19. The lowest BCUT2D eigenvalue weighted by Crippen LogP contribution is -2.45. The highest BCUT2D eigenvalue weighted by atomic mass is 16.5. The van der Waals surface area contributed by atoms with E-state index in [2.05, 4.69) is 10.1 Å². The van der Waals surface area contributed by atoms with E-state index in [-0.39, 0.29) is 19.6 Å². The molecule has 0 aromatic rings. The van der Waals surface area contributed by atoms with E-state index in [9.17, 15) is 14.4 Å². The second kappa shape index (κ2) is 7.23. The molecule has 0 fully saturated rings. The molecule has 0 saturated carbocycles. The van der Waals surface area contributed by atoms with Crippen LogP contribution in [0.15, 0.2) is 0 Å². The van der Waals surface area contributed by atoms with Crippen LogP contribution in [0.3, 0.4) is 0 Å². The second-order valence-corrected chi connectivity index (χ2v) is 2.74. The van der Waals surface area contributed by atoms with Crippen LogP contribution in [0.5, 0.6) is 0 Å². The number of nitriles is 1. The van der Waals surface area contributed by atoms with Gasteiger partial charge in [-0.3, -0.25) is 14.4 Å². The van der Waals surface area contributed by atoms with Gasteiger partial charge in [-0.05, 0) is 6.92 Å². The third-order valence-corrected chi connectivity index (χ3v) is 1.74. The Balaban J connectivity index is 4.36. The molecular weight excluding hydrogens is 214 g/mol. The minimum Gasteiger partial charge on any atom is -0.468 e. The van der Waals surface area contributed by atoms with E-state index in [1.165, 1.54) is 7.11 Å². The van der Waals surface area contributed by atoms with Crippen molar-refractivity contribution in [3.63, 3.8) is 0 Å². The largest absolute Gasteiger partial charge is 0.468 e. The van der Waals surface area contributed by atoms with Crippen LogP contribution in [0, 0.1) is 11.3 Å². The standard InChI is InChI=1S/C9H13N3O4/c1-3-12(6-7(13)16-2)9(15)8(14)11-5-4-10/h3,5-6H2,1-2H3,(H,11,14). The van der Waals surface area contributed by atoms with Gasteiger partial charge in [0.1, 0.15) is 13.1 Å². The summed E-state index contributed by atoms with van der Waals surface area (Å²) >= 11 is 0. The van der Waals surface area contributed by atoms with Crippen LogP contribution in [0.4, 0.5) is 0 Å². The number of ether oxygens (including phenoxy) is 1. The molecule has 0 heterocycles. The van der Waals surface area contributed by atoms with Crippen molar-refractivity contribution in [2.45, 2.75) is 6.92 Å². The maximum Gasteiger partial charge on any atom is 0.325 e. The Labute approximate surface area is 93.0 Å². The minimum absolute atomic E-state index is 0.202. The first-order chi connectivity index (χ1) is 7.56. The summed E-state index contributed by atoms with van der Waals surface area (Å²) < 4.78 is 4.38. The molecule has 0 aliphatic carbocycles. The number of carbonyl (C=O) groups excluding carboxylic acids is 3. The Morgan fingerprint density at radius 1 is 1.44 bits per heavy atom. The Hall–Kier alpha value is -2.10. The molecule has 0 unspecified atom stereocenters. The van der Waals surface area contributed by atoms with Gasteiger partial charge in [0.15, 0.2) is 0 Å². The molecule has 0 saturated heterocycles. The fraction of sp³-hybridized carbons (Fsp3) is 0.556. The fourth-order valence-electron chi connectivity index (χ4n) is 0.887. The topological polar surface area (TPSA) is 99.5 Å². The summed E-state index contributed by atoms with van der Waals surface area (Å²) in [5.74, 6) is -2.38. The Kier molecular flexibility index (Phi) is 6.28. The smallest absolute Gasteiger partial charge is 0.325 e. The average Bonchev–Trinajstić information content (AvgIpc) is 2.31. The van der Waals surface area contributed by atoms with E-state index in [1.54, 1.807) is 13.0 Å². The van der Waals surface area contributed by atoms with Gasteiger partial charge >= 0.3 is 17.8 Å². The average molecular weight is 227 g/mol. The Morgan fingerprint density at radius 2 is 2.06 bits per heavy atom. The van der Waals surface area contributed by atoms with Gasteiger partial charge in [0.2, 0.25) is 0 Å². The van der Waals surface area contributed by atoms with Crippen LogP contribution in [0.25, 0.3) is 0 Å². The van der Waals surface area contributed by atoms with Crippen LogP contribution < -0.4 is 5.32 Å². The molecule has 7 nitrogen and oxygen atoms in total. The van der Waals surface area contributed by atoms with Gasteiger partial charge in [-0.1, -0.05) is 0 Å². The molecule has 0 aromatic heterocycles. The van der Waals surface area contributed by atoms with Crippen LogP contribution in [0.2, 0.25) is 0 Å². The molecule has 0 spiro atoms. The number of nitrogens with zero attached hydrogens (tertiary/aromatic N) is 2. The number of hydrogen-bond acceptors (Lipinski definition) is 5. The van der Waals surface area contributed by atoms with Gasteiger partial charge in [-0.25, -0.2) is 0 Å². The molecule has 0 aromatic carbocycles. The van der Waals surface area contributed by atoms with Crippen LogP contribution in [-0.2, 0) is 19.1 Å². The Bertz CT molecular complexity index is 321. The number of carbonyl (C=O) groups is 3. The molecule has 0 aliphatic rings. The summed E-state index contributed by atoms with van der Waals surface area (Å²) in [6, 6.07) is 1.67. The molecule has 2 amide bonds. The minimum atomic E-state index is -0.910. The quantitative estimate of drug-likeness (QED) is 0.363. The summed E-state index contributed by atoms with van der Waals surface area (Å²) in [5, 5.41) is 10.3. The lowest BCUT2D eigenvalue weighted by atomic mass is 10.4. The SMILES string of the molecule is CCN(CC(=O)OC)C(=O)C(=O)NCC#N. The molecule has 1 N–H and O–H groups in total. The van der Waals surface area contributed by atoms with E-state index in [0.29, 0.717) is 0 Å². The number of hydrogen-bond donors (Lipinski definition) is 1. The summed E-state index contributed by atoms with van der Waals surface area (Å²) in [5.41, 5.74) is 0. The molecule has 0 rings (SSSR count). The van der Waals surface area contributed by atoms with Gasteiger partial charge in [0, 0.05) is 6.54 Å². The molecule has 88 valence electrons. The first kappa shape index (κ1) is 13.9. The predicted molar refractivity (Wildman–Crippen MR) is 52.9 cm³/mol. The fourth-order valence-corrected chi connectivity index (χ4v) is 0.887. The highest BCUT2D eigenvalue weighted by molar-refractivity contribution is 6.35. The highest BCUT2D eigenvalue weighted by Gasteiger charge is 2.22. The van der Waals surface area contributed by atoms with Gasteiger partial charge in [0.25, 0.3) is 0 Å². The van der Waals surface area contributed by atoms with Crippen molar-refractivity contribution in [1.82, 2.24) is 10.2 Å². The van der Waals surface area contributed by atoms with Gasteiger partial charge in [0.05, 0.1) is 13.2 Å². The highest BCUT2D eigenvalue weighted by Crippen LogP contribution is 1.91. The van der Waals surface area contributed by atoms with Crippen molar-refractivity contribution in [3.8, 4) is 6.07 Å². The number of rotatable bonds is 4. The predicted octanol–water partition coefficient (Wildman–Crippen LogP) is -1.35. The zero-order valence-corrected chi connectivity index (χ0v) is 9.15. The number of nitrogens with one attached hydrogen (secondary N) is 1. The first-order valence-electron chi connectivity index (χ1n) is 4.57. The number of esters is 1. The van der Waals surface area contributed by atoms with E-state index in [1.807, 2.05) is 0 Å². The summed E-state index contributed by atoms with van der Waals surface area (Å²) in [6.45, 7) is 1.29. The summed E-state index contributed by atoms with van der Waals surface area (Å²) in [4.78, 5) is 34.5. The number of likely N-dealkylation sites (N-methyl/N-ethyl adjacent to an activating group) is 1. The third-order valence-electron chi connectivity index (χ3n) is 1.74. The normalized spacial score (nSPS) is 8.81. The van der Waals surface area contributed by atoms with E-state index < -0.39 is 17.8 Å². The van der Waals surface area contributed by atoms with E-state index >= 15 is 0 Å². The molecule has 0 atom stereocenters. The zero-order valence-electron chi connectivity index (χ0n) is 9.15.